The van der Waals surface area contributed by atoms with Crippen LogP contribution in [0, 0.1) is 11.8 Å². The second-order valence-corrected chi connectivity index (χ2v) is 4.41. The van der Waals surface area contributed by atoms with E-state index in [1.54, 1.807) is 0 Å². The summed E-state index contributed by atoms with van der Waals surface area (Å²) in [6.45, 7) is 2.07. The van der Waals surface area contributed by atoms with E-state index in [9.17, 15) is 9.59 Å². The number of ketones is 1. The Kier molecular flexibility index (Phi) is 4.79. The zero-order chi connectivity index (χ0) is 11.3. The molecule has 0 spiro atoms. The fourth-order valence-corrected chi connectivity index (χ4v) is 2.26. The molecule has 0 bridgehead atoms. The Balaban J connectivity index is 2.34. The third-order valence-electron chi connectivity index (χ3n) is 3.32. The first-order valence-corrected chi connectivity index (χ1v) is 5.74. The van der Waals surface area contributed by atoms with Crippen molar-refractivity contribution in [2.75, 3.05) is 7.11 Å². The highest BCUT2D eigenvalue weighted by atomic mass is 16.5. The average Bonchev–Trinajstić information content (AvgIpc) is 2.26. The molecule has 0 aliphatic heterocycles. The highest BCUT2D eigenvalue weighted by Gasteiger charge is 2.27. The van der Waals surface area contributed by atoms with Crippen LogP contribution in [0.5, 0.6) is 0 Å². The summed E-state index contributed by atoms with van der Waals surface area (Å²) in [5.74, 6) is 0.712. The van der Waals surface area contributed by atoms with E-state index in [1.165, 1.54) is 7.11 Å². The predicted octanol–water partition coefficient (Wildman–Crippen LogP) is 2.33. The second kappa shape index (κ2) is 5.89. The molecule has 0 amide bonds. The summed E-state index contributed by atoms with van der Waals surface area (Å²) in [6.07, 6.45) is 5.12. The third kappa shape index (κ3) is 3.65. The van der Waals surface area contributed by atoms with Crippen molar-refractivity contribution in [3.05, 3.63) is 0 Å². The van der Waals surface area contributed by atoms with Gasteiger partial charge in [0.05, 0.1) is 7.11 Å². The maximum Gasteiger partial charge on any atom is 0.305 e. The molecule has 1 rings (SSSR count). The van der Waals surface area contributed by atoms with Gasteiger partial charge in [-0.1, -0.05) is 13.3 Å². The van der Waals surface area contributed by atoms with Crippen molar-refractivity contribution in [1.29, 1.82) is 0 Å². The molecule has 0 aromatic heterocycles. The molecule has 2 atom stereocenters. The quantitative estimate of drug-likeness (QED) is 0.672. The Morgan fingerprint density at radius 2 is 2.27 bits per heavy atom. The van der Waals surface area contributed by atoms with Crippen molar-refractivity contribution in [3.63, 3.8) is 0 Å². The van der Waals surface area contributed by atoms with Gasteiger partial charge < -0.3 is 4.74 Å². The molecular formula is C12H20O3. The lowest BCUT2D eigenvalue weighted by molar-refractivity contribution is -0.141. The van der Waals surface area contributed by atoms with Gasteiger partial charge in [0.1, 0.15) is 5.78 Å². The minimum absolute atomic E-state index is 0.176. The molecule has 0 N–H and O–H groups in total. The third-order valence-corrected chi connectivity index (χ3v) is 3.32. The molecule has 3 nitrogen and oxygen atoms in total. The summed E-state index contributed by atoms with van der Waals surface area (Å²) in [5.41, 5.74) is 0. The van der Waals surface area contributed by atoms with Crippen LogP contribution >= 0.6 is 0 Å². The van der Waals surface area contributed by atoms with Gasteiger partial charge >= 0.3 is 5.97 Å². The fraction of sp³-hybridized carbons (Fsp3) is 0.833. The Labute approximate surface area is 91.2 Å². The SMILES string of the molecule is COC(=O)CCC(C)C1CCCCC1=O. The van der Waals surface area contributed by atoms with Gasteiger partial charge in [-0.25, -0.2) is 0 Å². The highest BCUT2D eigenvalue weighted by Crippen LogP contribution is 2.29. The Morgan fingerprint density at radius 1 is 1.53 bits per heavy atom. The van der Waals surface area contributed by atoms with Crippen molar-refractivity contribution in [1.82, 2.24) is 0 Å². The van der Waals surface area contributed by atoms with Crippen LogP contribution in [-0.4, -0.2) is 18.9 Å². The van der Waals surface area contributed by atoms with E-state index in [0.717, 1.165) is 32.1 Å². The van der Waals surface area contributed by atoms with E-state index in [2.05, 4.69) is 11.7 Å². The molecule has 0 heterocycles. The minimum atomic E-state index is -0.176. The van der Waals surface area contributed by atoms with Gasteiger partial charge in [-0.2, -0.15) is 0 Å². The van der Waals surface area contributed by atoms with E-state index in [0.29, 0.717) is 18.1 Å². The Hall–Kier alpha value is -0.860. The number of ether oxygens (including phenoxy) is 1. The monoisotopic (exact) mass is 212 g/mol. The fourth-order valence-electron chi connectivity index (χ4n) is 2.26. The number of methoxy groups -OCH3 is 1. The van der Waals surface area contributed by atoms with Crippen molar-refractivity contribution < 1.29 is 14.3 Å². The van der Waals surface area contributed by atoms with E-state index in [1.807, 2.05) is 0 Å². The lowest BCUT2D eigenvalue weighted by Gasteiger charge is -2.26. The van der Waals surface area contributed by atoms with Gasteiger partial charge in [-0.3, -0.25) is 9.59 Å². The van der Waals surface area contributed by atoms with Gasteiger partial charge in [0.25, 0.3) is 0 Å². The summed E-state index contributed by atoms with van der Waals surface area (Å²) in [6, 6.07) is 0. The van der Waals surface area contributed by atoms with Crippen LogP contribution in [0.15, 0.2) is 0 Å². The number of hydrogen-bond donors (Lipinski definition) is 0. The molecule has 0 aromatic rings. The summed E-state index contributed by atoms with van der Waals surface area (Å²) in [5, 5.41) is 0. The number of carbonyl (C=O) groups excluding carboxylic acids is 2. The van der Waals surface area contributed by atoms with Crippen LogP contribution < -0.4 is 0 Å². The van der Waals surface area contributed by atoms with Gasteiger partial charge in [0.2, 0.25) is 0 Å². The topological polar surface area (TPSA) is 43.4 Å². The summed E-state index contributed by atoms with van der Waals surface area (Å²) >= 11 is 0. The number of hydrogen-bond acceptors (Lipinski definition) is 3. The molecule has 86 valence electrons. The molecule has 0 aromatic carbocycles. The molecule has 0 saturated heterocycles. The van der Waals surface area contributed by atoms with Gasteiger partial charge in [-0.05, 0) is 25.2 Å². The summed E-state index contributed by atoms with van der Waals surface area (Å²) < 4.78 is 4.59. The molecule has 15 heavy (non-hydrogen) atoms. The number of rotatable bonds is 4. The second-order valence-electron chi connectivity index (χ2n) is 4.41. The predicted molar refractivity (Wildman–Crippen MR) is 57.4 cm³/mol. The van der Waals surface area contributed by atoms with Gasteiger partial charge in [0.15, 0.2) is 0 Å². The summed E-state index contributed by atoms with van der Waals surface area (Å²) in [4.78, 5) is 22.6. The standard InChI is InChI=1S/C12H20O3/c1-9(7-8-12(14)15-2)10-5-3-4-6-11(10)13/h9-10H,3-8H2,1-2H3. The summed E-state index contributed by atoms with van der Waals surface area (Å²) in [7, 11) is 1.40. The van der Waals surface area contributed by atoms with Gasteiger partial charge in [-0.15, -0.1) is 0 Å². The lowest BCUT2D eigenvalue weighted by atomic mass is 9.78. The van der Waals surface area contributed by atoms with Crippen LogP contribution in [0.1, 0.15) is 45.4 Å². The van der Waals surface area contributed by atoms with Crippen molar-refractivity contribution in [2.45, 2.75) is 45.4 Å². The zero-order valence-electron chi connectivity index (χ0n) is 9.62. The zero-order valence-corrected chi connectivity index (χ0v) is 9.62. The molecule has 0 radical (unpaired) electrons. The lowest BCUT2D eigenvalue weighted by Crippen LogP contribution is -2.25. The first-order chi connectivity index (χ1) is 7.15. The van der Waals surface area contributed by atoms with E-state index < -0.39 is 0 Å². The number of Topliss-reactive ketones (excluding diaryl/α,β-unsaturated/α-hetero) is 1. The average molecular weight is 212 g/mol. The van der Waals surface area contributed by atoms with E-state index in [-0.39, 0.29) is 11.9 Å². The first kappa shape index (κ1) is 12.2. The van der Waals surface area contributed by atoms with Crippen LogP contribution in [0.3, 0.4) is 0 Å². The molecule has 1 saturated carbocycles. The molecular weight excluding hydrogens is 192 g/mol. The van der Waals surface area contributed by atoms with Crippen molar-refractivity contribution in [2.24, 2.45) is 11.8 Å². The number of carbonyl (C=O) groups is 2. The number of esters is 1. The molecule has 2 unspecified atom stereocenters. The first-order valence-electron chi connectivity index (χ1n) is 5.74. The van der Waals surface area contributed by atoms with Gasteiger partial charge in [0, 0.05) is 18.8 Å². The smallest absolute Gasteiger partial charge is 0.305 e. The minimum Gasteiger partial charge on any atom is -0.469 e. The van der Waals surface area contributed by atoms with Crippen LogP contribution in [0.2, 0.25) is 0 Å². The van der Waals surface area contributed by atoms with E-state index in [4.69, 9.17) is 0 Å². The van der Waals surface area contributed by atoms with E-state index >= 15 is 0 Å². The van der Waals surface area contributed by atoms with Crippen molar-refractivity contribution >= 4 is 11.8 Å². The van der Waals surface area contributed by atoms with Crippen LogP contribution in [0.4, 0.5) is 0 Å². The highest BCUT2D eigenvalue weighted by molar-refractivity contribution is 5.81. The molecule has 1 aliphatic rings. The molecule has 3 heteroatoms. The Morgan fingerprint density at radius 3 is 2.87 bits per heavy atom. The maximum absolute atomic E-state index is 11.6. The maximum atomic E-state index is 11.6. The molecule has 1 aliphatic carbocycles. The van der Waals surface area contributed by atoms with Crippen molar-refractivity contribution in [3.8, 4) is 0 Å². The largest absolute Gasteiger partial charge is 0.469 e. The van der Waals surface area contributed by atoms with Crippen LogP contribution in [-0.2, 0) is 14.3 Å². The van der Waals surface area contributed by atoms with Crippen LogP contribution in [0.25, 0.3) is 0 Å². The Bertz CT molecular complexity index is 235. The molecule has 1 fully saturated rings. The normalized spacial score (nSPS) is 23.6.